The first-order chi connectivity index (χ1) is 13.3. The van der Waals surface area contributed by atoms with Crippen molar-refractivity contribution < 1.29 is 9.53 Å². The van der Waals surface area contributed by atoms with Gasteiger partial charge in [0.25, 0.3) is 0 Å². The van der Waals surface area contributed by atoms with E-state index in [9.17, 15) is 4.79 Å². The van der Waals surface area contributed by atoms with E-state index in [-0.39, 0.29) is 11.8 Å². The maximum Gasteiger partial charge on any atom is 0.232 e. The van der Waals surface area contributed by atoms with Crippen molar-refractivity contribution in [1.29, 1.82) is 0 Å². The summed E-state index contributed by atoms with van der Waals surface area (Å²) >= 11 is 0. The van der Waals surface area contributed by atoms with Gasteiger partial charge in [-0.3, -0.25) is 4.79 Å². The molecule has 1 saturated heterocycles. The van der Waals surface area contributed by atoms with Gasteiger partial charge < -0.3 is 15.0 Å². The number of morpholine rings is 1. The number of amides is 1. The molecule has 2 fully saturated rings. The van der Waals surface area contributed by atoms with Gasteiger partial charge in [0.1, 0.15) is 0 Å². The summed E-state index contributed by atoms with van der Waals surface area (Å²) in [7, 11) is 0. The SMILES string of the molecule is O=C(Nc1ccc(N2CCOCC2)cc1)[C@H](c1ccccc1)C1CCCC1. The highest BCUT2D eigenvalue weighted by Crippen LogP contribution is 2.38. The number of carbonyl (C=O) groups excluding carboxylic acids is 1. The summed E-state index contributed by atoms with van der Waals surface area (Å²) in [5, 5.41) is 3.17. The standard InChI is InChI=1S/C23H28N2O2/c26-23(22(19-8-4-5-9-19)18-6-2-1-3-7-18)24-20-10-12-21(13-11-20)25-14-16-27-17-15-25/h1-3,6-7,10-13,19,22H,4-5,8-9,14-17H2,(H,24,26)/t22-/m1/s1. The molecule has 1 saturated carbocycles. The van der Waals surface area contributed by atoms with E-state index in [1.807, 2.05) is 30.3 Å². The first-order valence-corrected chi connectivity index (χ1v) is 10.1. The van der Waals surface area contributed by atoms with Gasteiger partial charge in [-0.1, -0.05) is 43.2 Å². The molecular weight excluding hydrogens is 336 g/mol. The Kier molecular flexibility index (Phi) is 5.73. The Morgan fingerprint density at radius 1 is 0.963 bits per heavy atom. The number of nitrogens with zero attached hydrogens (tertiary/aromatic N) is 1. The normalized spacial score (nSPS) is 19.0. The molecule has 2 aromatic rings. The van der Waals surface area contributed by atoms with Crippen LogP contribution in [0.15, 0.2) is 54.6 Å². The number of carbonyl (C=O) groups is 1. The van der Waals surface area contributed by atoms with Crippen molar-refractivity contribution in [3.05, 3.63) is 60.2 Å². The fourth-order valence-electron chi connectivity index (χ4n) is 4.39. The molecule has 1 amide bonds. The van der Waals surface area contributed by atoms with Crippen LogP contribution in [-0.4, -0.2) is 32.2 Å². The lowest BCUT2D eigenvalue weighted by Crippen LogP contribution is -2.36. The number of rotatable bonds is 5. The number of ether oxygens (including phenoxy) is 1. The fraction of sp³-hybridized carbons (Fsp3) is 0.435. The summed E-state index contributed by atoms with van der Waals surface area (Å²) in [5.74, 6) is 0.500. The highest BCUT2D eigenvalue weighted by molar-refractivity contribution is 5.96. The van der Waals surface area contributed by atoms with Crippen LogP contribution in [0.3, 0.4) is 0 Å². The van der Waals surface area contributed by atoms with Crippen molar-refractivity contribution in [2.24, 2.45) is 5.92 Å². The third kappa shape index (κ3) is 4.33. The number of hydrogen-bond donors (Lipinski definition) is 1. The highest BCUT2D eigenvalue weighted by Gasteiger charge is 2.31. The Morgan fingerprint density at radius 3 is 2.30 bits per heavy atom. The van der Waals surface area contributed by atoms with Gasteiger partial charge in [0.2, 0.25) is 5.91 Å². The third-order valence-corrected chi connectivity index (χ3v) is 5.82. The lowest BCUT2D eigenvalue weighted by molar-refractivity contribution is -0.118. The Bertz CT molecular complexity index is 733. The monoisotopic (exact) mass is 364 g/mol. The van der Waals surface area contributed by atoms with Crippen LogP contribution in [0.4, 0.5) is 11.4 Å². The topological polar surface area (TPSA) is 41.6 Å². The first-order valence-electron chi connectivity index (χ1n) is 10.1. The lowest BCUT2D eigenvalue weighted by atomic mass is 9.84. The van der Waals surface area contributed by atoms with Crippen molar-refractivity contribution in [3.8, 4) is 0 Å². The summed E-state index contributed by atoms with van der Waals surface area (Å²) in [5.41, 5.74) is 3.19. The Hall–Kier alpha value is -2.33. The van der Waals surface area contributed by atoms with E-state index in [1.165, 1.54) is 18.5 Å². The van der Waals surface area contributed by atoms with Crippen LogP contribution in [0.5, 0.6) is 0 Å². The van der Waals surface area contributed by atoms with E-state index in [4.69, 9.17) is 4.74 Å². The molecule has 4 nitrogen and oxygen atoms in total. The fourth-order valence-corrected chi connectivity index (χ4v) is 4.39. The summed E-state index contributed by atoms with van der Waals surface area (Å²) in [4.78, 5) is 15.5. The minimum Gasteiger partial charge on any atom is -0.378 e. The molecule has 4 rings (SSSR count). The maximum absolute atomic E-state index is 13.1. The van der Waals surface area contributed by atoms with Gasteiger partial charge in [-0.15, -0.1) is 0 Å². The van der Waals surface area contributed by atoms with E-state index < -0.39 is 0 Å². The zero-order valence-corrected chi connectivity index (χ0v) is 15.8. The largest absolute Gasteiger partial charge is 0.378 e. The zero-order chi connectivity index (χ0) is 18.5. The molecule has 0 aromatic heterocycles. The van der Waals surface area contributed by atoms with Crippen LogP contribution >= 0.6 is 0 Å². The summed E-state index contributed by atoms with van der Waals surface area (Å²) in [6.45, 7) is 3.39. The molecule has 0 spiro atoms. The molecule has 1 N–H and O–H groups in total. The second-order valence-corrected chi connectivity index (χ2v) is 7.57. The number of anilines is 2. The molecule has 1 atom stereocenters. The average molecular weight is 364 g/mol. The number of nitrogens with one attached hydrogen (secondary N) is 1. The highest BCUT2D eigenvalue weighted by atomic mass is 16.5. The summed E-state index contributed by atoms with van der Waals surface area (Å²) in [6.07, 6.45) is 4.75. The molecule has 1 aliphatic carbocycles. The maximum atomic E-state index is 13.1. The van der Waals surface area contributed by atoms with Crippen LogP contribution < -0.4 is 10.2 Å². The number of benzene rings is 2. The van der Waals surface area contributed by atoms with E-state index >= 15 is 0 Å². The second-order valence-electron chi connectivity index (χ2n) is 7.57. The summed E-state index contributed by atoms with van der Waals surface area (Å²) in [6, 6.07) is 18.5. The third-order valence-electron chi connectivity index (χ3n) is 5.82. The molecule has 4 heteroatoms. The molecular formula is C23H28N2O2. The molecule has 2 aliphatic rings. The van der Waals surface area contributed by atoms with Crippen LogP contribution in [0.2, 0.25) is 0 Å². The molecule has 0 radical (unpaired) electrons. The van der Waals surface area contributed by atoms with Gasteiger partial charge in [0, 0.05) is 24.5 Å². The molecule has 1 aliphatic heterocycles. The van der Waals surface area contributed by atoms with Gasteiger partial charge in [-0.25, -0.2) is 0 Å². The van der Waals surface area contributed by atoms with Gasteiger partial charge in [0.15, 0.2) is 0 Å². The van der Waals surface area contributed by atoms with Crippen LogP contribution in [0, 0.1) is 5.92 Å². The second kappa shape index (κ2) is 8.57. The molecule has 0 unspecified atom stereocenters. The van der Waals surface area contributed by atoms with E-state index in [0.29, 0.717) is 5.92 Å². The van der Waals surface area contributed by atoms with Crippen molar-refractivity contribution >= 4 is 17.3 Å². The lowest BCUT2D eigenvalue weighted by Gasteiger charge is -2.29. The molecule has 27 heavy (non-hydrogen) atoms. The Balaban J connectivity index is 1.47. The van der Waals surface area contributed by atoms with Crippen LogP contribution in [-0.2, 0) is 9.53 Å². The van der Waals surface area contributed by atoms with E-state index in [0.717, 1.165) is 50.4 Å². The minimum atomic E-state index is -0.0624. The minimum absolute atomic E-state index is 0.0624. The first kappa shape index (κ1) is 18.1. The van der Waals surface area contributed by atoms with E-state index in [1.54, 1.807) is 0 Å². The van der Waals surface area contributed by atoms with Gasteiger partial charge in [0.05, 0.1) is 19.1 Å². The van der Waals surface area contributed by atoms with Crippen LogP contribution in [0.25, 0.3) is 0 Å². The number of hydrogen-bond acceptors (Lipinski definition) is 3. The van der Waals surface area contributed by atoms with Crippen molar-refractivity contribution in [3.63, 3.8) is 0 Å². The van der Waals surface area contributed by atoms with Crippen molar-refractivity contribution in [2.75, 3.05) is 36.5 Å². The van der Waals surface area contributed by atoms with Crippen LogP contribution in [0.1, 0.15) is 37.2 Å². The summed E-state index contributed by atoms with van der Waals surface area (Å²) < 4.78 is 5.42. The molecule has 142 valence electrons. The molecule has 1 heterocycles. The average Bonchev–Trinajstić information content (AvgIpc) is 3.24. The van der Waals surface area contributed by atoms with Gasteiger partial charge >= 0.3 is 0 Å². The van der Waals surface area contributed by atoms with Gasteiger partial charge in [-0.05, 0) is 48.6 Å². The predicted octanol–water partition coefficient (Wildman–Crippen LogP) is 4.44. The quantitative estimate of drug-likeness (QED) is 0.853. The predicted molar refractivity (Wildman–Crippen MR) is 109 cm³/mol. The van der Waals surface area contributed by atoms with Gasteiger partial charge in [-0.2, -0.15) is 0 Å². The van der Waals surface area contributed by atoms with Crippen molar-refractivity contribution in [1.82, 2.24) is 0 Å². The molecule has 0 bridgehead atoms. The smallest absolute Gasteiger partial charge is 0.232 e. The Labute approximate surface area is 161 Å². The Morgan fingerprint density at radius 2 is 1.63 bits per heavy atom. The van der Waals surface area contributed by atoms with Crippen molar-refractivity contribution in [2.45, 2.75) is 31.6 Å². The zero-order valence-electron chi connectivity index (χ0n) is 15.8. The van der Waals surface area contributed by atoms with E-state index in [2.05, 4.69) is 34.5 Å². The molecule has 2 aromatic carbocycles.